The van der Waals surface area contributed by atoms with Gasteiger partial charge in [-0.05, 0) is 49.4 Å². The van der Waals surface area contributed by atoms with Crippen molar-refractivity contribution in [2.45, 2.75) is 38.3 Å². The largest absolute Gasteiger partial charge is 0.493 e. The summed E-state index contributed by atoms with van der Waals surface area (Å²) in [6.45, 7) is 6.56. The van der Waals surface area contributed by atoms with Gasteiger partial charge in [-0.25, -0.2) is 9.97 Å². The molecule has 0 atom stereocenters. The van der Waals surface area contributed by atoms with Crippen LogP contribution in [-0.4, -0.2) is 62.0 Å². The van der Waals surface area contributed by atoms with Crippen molar-refractivity contribution >= 4 is 0 Å². The quantitative estimate of drug-likeness (QED) is 0.647. The molecule has 1 aromatic heterocycles. The second-order valence-electron chi connectivity index (χ2n) is 7.99. The van der Waals surface area contributed by atoms with Gasteiger partial charge in [-0.2, -0.15) is 0 Å². The second kappa shape index (κ2) is 9.29. The maximum absolute atomic E-state index is 6.33. The lowest BCUT2D eigenvalue weighted by molar-refractivity contribution is -0.102. The first-order valence-corrected chi connectivity index (χ1v) is 10.6. The molecular weight excluding hydrogens is 382 g/mol. The number of aryl methyl sites for hydroxylation is 1. The van der Waals surface area contributed by atoms with E-state index in [2.05, 4.69) is 22.0 Å². The molecule has 7 nitrogen and oxygen atoms in total. The molecule has 4 rings (SSSR count). The average Bonchev–Trinajstić information content (AvgIpc) is 2.76. The lowest BCUT2D eigenvalue weighted by Crippen LogP contribution is -2.47. The zero-order chi connectivity index (χ0) is 21.0. The molecule has 2 aliphatic rings. The molecule has 0 aliphatic carbocycles. The predicted molar refractivity (Wildman–Crippen MR) is 113 cm³/mol. The predicted octanol–water partition coefficient (Wildman–Crippen LogP) is 2.88. The Bertz CT molecular complexity index is 866. The van der Waals surface area contributed by atoms with E-state index in [1.807, 2.05) is 19.2 Å². The van der Waals surface area contributed by atoms with Crippen molar-refractivity contribution in [3.8, 4) is 11.5 Å². The van der Waals surface area contributed by atoms with Crippen molar-refractivity contribution in [1.29, 1.82) is 0 Å². The zero-order valence-electron chi connectivity index (χ0n) is 18.1. The third-order valence-corrected chi connectivity index (χ3v) is 6.01. The minimum Gasteiger partial charge on any atom is -0.493 e. The van der Waals surface area contributed by atoms with Gasteiger partial charge in [0.1, 0.15) is 18.0 Å². The first-order valence-electron chi connectivity index (χ1n) is 10.6. The summed E-state index contributed by atoms with van der Waals surface area (Å²) < 4.78 is 22.7. The Hall–Kier alpha value is -2.22. The summed E-state index contributed by atoms with van der Waals surface area (Å²) in [6.07, 6.45) is 4.78. The molecule has 0 saturated carbocycles. The van der Waals surface area contributed by atoms with Crippen LogP contribution in [0.2, 0.25) is 0 Å². The molecule has 30 heavy (non-hydrogen) atoms. The normalized spacial score (nSPS) is 18.2. The highest BCUT2D eigenvalue weighted by atomic mass is 16.5. The van der Waals surface area contributed by atoms with Crippen molar-refractivity contribution in [2.75, 3.05) is 47.1 Å². The third-order valence-electron chi connectivity index (χ3n) is 6.01. The maximum Gasteiger partial charge on any atom is 0.161 e. The highest BCUT2D eigenvalue weighted by Crippen LogP contribution is 2.40. The van der Waals surface area contributed by atoms with Gasteiger partial charge < -0.3 is 18.9 Å². The Labute approximate surface area is 178 Å². The van der Waals surface area contributed by atoms with E-state index in [9.17, 15) is 0 Å². The van der Waals surface area contributed by atoms with Crippen LogP contribution in [0.1, 0.15) is 35.5 Å². The van der Waals surface area contributed by atoms with Crippen LogP contribution in [0.4, 0.5) is 0 Å². The SMILES string of the molecule is COCCOc1cc(CN2CCC3(CC2)OCCc2cnc(C)nc23)ccc1OC. The van der Waals surface area contributed by atoms with E-state index in [0.29, 0.717) is 13.2 Å². The smallest absolute Gasteiger partial charge is 0.161 e. The highest BCUT2D eigenvalue weighted by molar-refractivity contribution is 5.43. The van der Waals surface area contributed by atoms with Gasteiger partial charge >= 0.3 is 0 Å². The van der Waals surface area contributed by atoms with E-state index in [0.717, 1.165) is 68.5 Å². The van der Waals surface area contributed by atoms with Gasteiger partial charge in [0.15, 0.2) is 11.5 Å². The molecule has 1 spiro atoms. The van der Waals surface area contributed by atoms with Gasteiger partial charge in [-0.15, -0.1) is 0 Å². The number of piperidine rings is 1. The fraction of sp³-hybridized carbons (Fsp3) is 0.565. The lowest BCUT2D eigenvalue weighted by atomic mass is 9.83. The number of hydrogen-bond donors (Lipinski definition) is 0. The monoisotopic (exact) mass is 413 g/mol. The zero-order valence-corrected chi connectivity index (χ0v) is 18.1. The van der Waals surface area contributed by atoms with Gasteiger partial charge in [0.25, 0.3) is 0 Å². The van der Waals surface area contributed by atoms with Crippen LogP contribution in [0.5, 0.6) is 11.5 Å². The van der Waals surface area contributed by atoms with E-state index in [1.54, 1.807) is 14.2 Å². The number of aromatic nitrogens is 2. The Kier molecular flexibility index (Phi) is 6.51. The molecule has 1 fully saturated rings. The summed E-state index contributed by atoms with van der Waals surface area (Å²) >= 11 is 0. The molecule has 0 amide bonds. The van der Waals surface area contributed by atoms with Crippen LogP contribution < -0.4 is 9.47 Å². The van der Waals surface area contributed by atoms with Gasteiger partial charge in [0.2, 0.25) is 0 Å². The number of benzene rings is 1. The molecule has 1 aromatic carbocycles. The highest BCUT2D eigenvalue weighted by Gasteiger charge is 2.42. The fourth-order valence-electron chi connectivity index (χ4n) is 4.38. The molecule has 0 unspecified atom stereocenters. The Balaban J connectivity index is 1.42. The summed E-state index contributed by atoms with van der Waals surface area (Å²) in [5.74, 6) is 2.33. The van der Waals surface area contributed by atoms with Crippen molar-refractivity contribution < 1.29 is 18.9 Å². The Morgan fingerprint density at radius 3 is 2.73 bits per heavy atom. The standard InChI is InChI=1S/C23H31N3O4/c1-17-24-15-19-6-11-30-23(22(19)25-17)7-9-26(10-8-23)16-18-4-5-20(28-3)21(14-18)29-13-12-27-2/h4-5,14-15H,6-13,16H2,1-3H3. The number of rotatable bonds is 7. The molecule has 2 aromatic rings. The van der Waals surface area contributed by atoms with E-state index in [-0.39, 0.29) is 5.60 Å². The molecule has 7 heteroatoms. The first kappa shape index (κ1) is 21.0. The number of methoxy groups -OCH3 is 2. The van der Waals surface area contributed by atoms with Crippen LogP contribution in [0.15, 0.2) is 24.4 Å². The molecule has 2 aliphatic heterocycles. The molecule has 0 N–H and O–H groups in total. The molecular formula is C23H31N3O4. The summed E-state index contributed by atoms with van der Waals surface area (Å²) in [4.78, 5) is 11.6. The number of ether oxygens (including phenoxy) is 4. The minimum absolute atomic E-state index is 0.258. The maximum atomic E-state index is 6.33. The van der Waals surface area contributed by atoms with Gasteiger partial charge in [0, 0.05) is 32.9 Å². The van der Waals surface area contributed by atoms with Crippen LogP contribution in [-0.2, 0) is 28.0 Å². The molecule has 0 radical (unpaired) electrons. The topological polar surface area (TPSA) is 65.9 Å². The summed E-state index contributed by atoms with van der Waals surface area (Å²) in [5, 5.41) is 0. The number of nitrogens with zero attached hydrogens (tertiary/aromatic N) is 3. The van der Waals surface area contributed by atoms with Crippen molar-refractivity contribution in [3.05, 3.63) is 47.0 Å². The van der Waals surface area contributed by atoms with Crippen LogP contribution in [0.3, 0.4) is 0 Å². The van der Waals surface area contributed by atoms with Crippen molar-refractivity contribution in [2.24, 2.45) is 0 Å². The minimum atomic E-state index is -0.258. The average molecular weight is 414 g/mol. The lowest BCUT2D eigenvalue weighted by Gasteiger charge is -2.44. The molecule has 0 bridgehead atoms. The van der Waals surface area contributed by atoms with E-state index in [1.165, 1.54) is 11.1 Å². The summed E-state index contributed by atoms with van der Waals surface area (Å²) in [7, 11) is 3.33. The van der Waals surface area contributed by atoms with Crippen molar-refractivity contribution in [1.82, 2.24) is 14.9 Å². The van der Waals surface area contributed by atoms with E-state index >= 15 is 0 Å². The summed E-state index contributed by atoms with van der Waals surface area (Å²) in [6, 6.07) is 6.15. The second-order valence-corrected chi connectivity index (χ2v) is 7.99. The van der Waals surface area contributed by atoms with Crippen LogP contribution in [0, 0.1) is 6.92 Å². The Morgan fingerprint density at radius 1 is 1.13 bits per heavy atom. The fourth-order valence-corrected chi connectivity index (χ4v) is 4.38. The van der Waals surface area contributed by atoms with Gasteiger partial charge in [0.05, 0.1) is 26.0 Å². The van der Waals surface area contributed by atoms with E-state index < -0.39 is 0 Å². The molecule has 3 heterocycles. The number of hydrogen-bond acceptors (Lipinski definition) is 7. The first-order chi connectivity index (χ1) is 14.6. The Morgan fingerprint density at radius 2 is 1.97 bits per heavy atom. The third kappa shape index (κ3) is 4.43. The van der Waals surface area contributed by atoms with Crippen molar-refractivity contribution in [3.63, 3.8) is 0 Å². The molecule has 1 saturated heterocycles. The summed E-state index contributed by atoms with van der Waals surface area (Å²) in [5.41, 5.74) is 3.31. The van der Waals surface area contributed by atoms with Gasteiger partial charge in [-0.3, -0.25) is 4.90 Å². The van der Waals surface area contributed by atoms with Crippen LogP contribution in [0.25, 0.3) is 0 Å². The van der Waals surface area contributed by atoms with Gasteiger partial charge in [-0.1, -0.05) is 6.07 Å². The molecule has 162 valence electrons. The number of likely N-dealkylation sites (tertiary alicyclic amines) is 1. The van der Waals surface area contributed by atoms with E-state index in [4.69, 9.17) is 23.9 Å². The number of fused-ring (bicyclic) bond motifs is 2. The van der Waals surface area contributed by atoms with Crippen LogP contribution >= 0.6 is 0 Å².